The molecule has 1 amide bonds. The van der Waals surface area contributed by atoms with Crippen LogP contribution in [-0.4, -0.2) is 22.9 Å². The maximum absolute atomic E-state index is 13.5. The van der Waals surface area contributed by atoms with Crippen molar-refractivity contribution in [1.29, 1.82) is 0 Å². The van der Waals surface area contributed by atoms with E-state index in [2.05, 4.69) is 5.32 Å². The summed E-state index contributed by atoms with van der Waals surface area (Å²) in [5.74, 6) is -3.44. The van der Waals surface area contributed by atoms with Crippen molar-refractivity contribution in [3.05, 3.63) is 75.9 Å². The molecule has 2 aromatic rings. The van der Waals surface area contributed by atoms with Crippen molar-refractivity contribution in [1.82, 2.24) is 0 Å². The molecule has 0 spiro atoms. The number of halogens is 2. The van der Waals surface area contributed by atoms with Gasteiger partial charge in [-0.15, -0.1) is 0 Å². The smallest absolute Gasteiger partial charge is 0.331 e. The van der Waals surface area contributed by atoms with Gasteiger partial charge in [0, 0.05) is 24.3 Å². The second-order valence-electron chi connectivity index (χ2n) is 5.38. The van der Waals surface area contributed by atoms with Crippen LogP contribution < -0.4 is 5.32 Å². The molecule has 140 valence electrons. The number of nitro groups is 1. The van der Waals surface area contributed by atoms with E-state index in [-0.39, 0.29) is 11.4 Å². The molecule has 0 bridgehead atoms. The van der Waals surface area contributed by atoms with E-state index < -0.39 is 34.5 Å². The van der Waals surface area contributed by atoms with Crippen molar-refractivity contribution in [2.75, 3.05) is 5.32 Å². The highest BCUT2D eigenvalue weighted by molar-refractivity contribution is 5.96. The van der Waals surface area contributed by atoms with Gasteiger partial charge in [0.2, 0.25) is 0 Å². The molecule has 0 fully saturated rings. The second-order valence-corrected chi connectivity index (χ2v) is 5.38. The molecule has 9 heteroatoms. The number of rotatable bonds is 6. The molecule has 2 rings (SSSR count). The molecule has 7 nitrogen and oxygen atoms in total. The van der Waals surface area contributed by atoms with Crippen LogP contribution in [-0.2, 0) is 14.3 Å². The monoisotopic (exact) mass is 376 g/mol. The summed E-state index contributed by atoms with van der Waals surface area (Å²) in [6, 6.07) is 8.18. The third-order valence-corrected chi connectivity index (χ3v) is 3.34. The lowest BCUT2D eigenvalue weighted by molar-refractivity contribution is -0.384. The van der Waals surface area contributed by atoms with Crippen LogP contribution in [0.1, 0.15) is 12.5 Å². The molecule has 0 heterocycles. The molecule has 27 heavy (non-hydrogen) atoms. The fourth-order valence-corrected chi connectivity index (χ4v) is 2.00. The number of benzene rings is 2. The molecule has 0 aliphatic heterocycles. The highest BCUT2D eigenvalue weighted by atomic mass is 19.1. The van der Waals surface area contributed by atoms with E-state index in [1.165, 1.54) is 31.2 Å². The van der Waals surface area contributed by atoms with Crippen molar-refractivity contribution in [3.63, 3.8) is 0 Å². The number of esters is 1. The minimum Gasteiger partial charge on any atom is -0.449 e. The Balaban J connectivity index is 1.95. The van der Waals surface area contributed by atoms with Gasteiger partial charge in [-0.25, -0.2) is 13.6 Å². The summed E-state index contributed by atoms with van der Waals surface area (Å²) < 4.78 is 31.2. The second kappa shape index (κ2) is 8.65. The number of amides is 1. The predicted molar refractivity (Wildman–Crippen MR) is 92.7 cm³/mol. The van der Waals surface area contributed by atoms with Crippen LogP contribution in [0.4, 0.5) is 20.2 Å². The lowest BCUT2D eigenvalue weighted by atomic mass is 10.2. The summed E-state index contributed by atoms with van der Waals surface area (Å²) >= 11 is 0. The Morgan fingerprint density at radius 3 is 2.63 bits per heavy atom. The average Bonchev–Trinajstić information content (AvgIpc) is 2.62. The third-order valence-electron chi connectivity index (χ3n) is 3.34. The molecule has 1 atom stereocenters. The zero-order valence-electron chi connectivity index (χ0n) is 14.0. The van der Waals surface area contributed by atoms with Gasteiger partial charge < -0.3 is 10.1 Å². The molecular weight excluding hydrogens is 362 g/mol. The number of non-ortho nitro benzene ring substituents is 1. The minimum atomic E-state index is -1.25. The number of nitrogens with one attached hydrogen (secondary N) is 1. The van der Waals surface area contributed by atoms with E-state index in [9.17, 15) is 28.5 Å². The quantitative estimate of drug-likeness (QED) is 0.360. The predicted octanol–water partition coefficient (Wildman–Crippen LogP) is 3.46. The zero-order chi connectivity index (χ0) is 20.0. The number of hydrogen-bond donors (Lipinski definition) is 1. The Kier molecular flexibility index (Phi) is 6.32. The number of carbonyl (C=O) groups excluding carboxylic acids is 2. The Morgan fingerprint density at radius 2 is 1.96 bits per heavy atom. The van der Waals surface area contributed by atoms with E-state index in [1.807, 2.05) is 0 Å². The van der Waals surface area contributed by atoms with Gasteiger partial charge in [0.05, 0.1) is 10.6 Å². The average molecular weight is 376 g/mol. The third kappa shape index (κ3) is 5.70. The molecule has 0 saturated carbocycles. The summed E-state index contributed by atoms with van der Waals surface area (Å²) in [5, 5.41) is 12.9. The summed E-state index contributed by atoms with van der Waals surface area (Å²) in [6.07, 6.45) is 1.04. The number of ether oxygens (including phenoxy) is 1. The Bertz CT molecular complexity index is 914. The van der Waals surface area contributed by atoms with Crippen molar-refractivity contribution < 1.29 is 28.0 Å². The van der Waals surface area contributed by atoms with E-state index in [0.717, 1.165) is 18.2 Å². The van der Waals surface area contributed by atoms with Gasteiger partial charge in [-0.3, -0.25) is 14.9 Å². The molecule has 0 saturated heterocycles. The number of anilines is 1. The SMILES string of the molecule is CC(OC(=O)/C=C/c1cccc([N+](=O)[O-])c1)C(=O)Nc1ccc(F)cc1F. The molecule has 1 unspecified atom stereocenters. The molecule has 0 aliphatic carbocycles. The standard InChI is InChI=1S/C18H14F2N2O5/c1-11(18(24)21-16-7-6-13(19)10-15(16)20)27-17(23)8-5-12-3-2-4-14(9-12)22(25)26/h2-11H,1H3,(H,21,24)/b8-5+. The van der Waals surface area contributed by atoms with Crippen LogP contribution in [0.3, 0.4) is 0 Å². The van der Waals surface area contributed by atoms with Gasteiger partial charge in [-0.1, -0.05) is 12.1 Å². The maximum Gasteiger partial charge on any atom is 0.331 e. The van der Waals surface area contributed by atoms with Crippen LogP contribution in [0, 0.1) is 21.7 Å². The topological polar surface area (TPSA) is 98.5 Å². The van der Waals surface area contributed by atoms with Crippen LogP contribution in [0.15, 0.2) is 48.5 Å². The van der Waals surface area contributed by atoms with Gasteiger partial charge in [-0.05, 0) is 30.7 Å². The number of nitro benzene ring substituents is 1. The fraction of sp³-hybridized carbons (Fsp3) is 0.111. The molecule has 2 aromatic carbocycles. The van der Waals surface area contributed by atoms with Gasteiger partial charge in [0.15, 0.2) is 6.10 Å². The first-order valence-electron chi connectivity index (χ1n) is 7.65. The maximum atomic E-state index is 13.5. The Morgan fingerprint density at radius 1 is 1.22 bits per heavy atom. The van der Waals surface area contributed by atoms with Crippen molar-refractivity contribution in [2.24, 2.45) is 0 Å². The zero-order valence-corrected chi connectivity index (χ0v) is 14.0. The van der Waals surface area contributed by atoms with E-state index >= 15 is 0 Å². The van der Waals surface area contributed by atoms with Crippen LogP contribution in [0.25, 0.3) is 6.08 Å². The summed E-state index contributed by atoms with van der Waals surface area (Å²) in [5.41, 5.74) is 0.00246. The lowest BCUT2D eigenvalue weighted by Gasteiger charge is -2.12. The van der Waals surface area contributed by atoms with Crippen LogP contribution in [0.2, 0.25) is 0 Å². The van der Waals surface area contributed by atoms with Crippen molar-refractivity contribution in [2.45, 2.75) is 13.0 Å². The van der Waals surface area contributed by atoms with Gasteiger partial charge >= 0.3 is 5.97 Å². The molecule has 0 aromatic heterocycles. The number of carbonyl (C=O) groups is 2. The first-order chi connectivity index (χ1) is 12.8. The lowest BCUT2D eigenvalue weighted by Crippen LogP contribution is -2.29. The first kappa shape index (κ1) is 19.7. The van der Waals surface area contributed by atoms with Gasteiger partial charge in [0.1, 0.15) is 11.6 Å². The minimum absolute atomic E-state index is 0.139. The van der Waals surface area contributed by atoms with Crippen molar-refractivity contribution in [3.8, 4) is 0 Å². The van der Waals surface area contributed by atoms with E-state index in [1.54, 1.807) is 6.07 Å². The Hall–Kier alpha value is -3.62. The fourth-order valence-electron chi connectivity index (χ4n) is 2.00. The summed E-state index contributed by atoms with van der Waals surface area (Å²) in [6.45, 7) is 1.27. The van der Waals surface area contributed by atoms with Gasteiger partial charge in [-0.2, -0.15) is 0 Å². The number of nitrogens with zero attached hydrogens (tertiary/aromatic N) is 1. The summed E-state index contributed by atoms with van der Waals surface area (Å²) in [7, 11) is 0. The van der Waals surface area contributed by atoms with Crippen LogP contribution in [0.5, 0.6) is 0 Å². The first-order valence-corrected chi connectivity index (χ1v) is 7.65. The largest absolute Gasteiger partial charge is 0.449 e. The molecular formula is C18H14F2N2O5. The molecule has 0 radical (unpaired) electrons. The van der Waals surface area contributed by atoms with Crippen LogP contribution >= 0.6 is 0 Å². The summed E-state index contributed by atoms with van der Waals surface area (Å²) in [4.78, 5) is 33.8. The van der Waals surface area contributed by atoms with Gasteiger partial charge in [0.25, 0.3) is 11.6 Å². The highest BCUT2D eigenvalue weighted by Crippen LogP contribution is 2.16. The Labute approximate surface area is 152 Å². The number of hydrogen-bond acceptors (Lipinski definition) is 5. The van der Waals surface area contributed by atoms with E-state index in [0.29, 0.717) is 11.6 Å². The molecule has 0 aliphatic rings. The molecule has 1 N–H and O–H groups in total. The van der Waals surface area contributed by atoms with Crippen molar-refractivity contribution >= 4 is 29.3 Å². The van der Waals surface area contributed by atoms with E-state index in [4.69, 9.17) is 4.74 Å². The highest BCUT2D eigenvalue weighted by Gasteiger charge is 2.18. The normalized spacial score (nSPS) is 11.8.